The van der Waals surface area contributed by atoms with Gasteiger partial charge in [0.2, 0.25) is 10.0 Å². The van der Waals surface area contributed by atoms with E-state index in [0.29, 0.717) is 24.4 Å². The highest BCUT2D eigenvalue weighted by Crippen LogP contribution is 2.31. The van der Waals surface area contributed by atoms with Crippen molar-refractivity contribution < 1.29 is 12.8 Å². The maximum atomic E-state index is 15.0. The highest BCUT2D eigenvalue weighted by Gasteiger charge is 2.17. The van der Waals surface area contributed by atoms with E-state index in [1.165, 1.54) is 0 Å². The van der Waals surface area contributed by atoms with Crippen LogP contribution in [0.15, 0.2) is 48.7 Å². The first-order chi connectivity index (χ1) is 13.7. The smallest absolute Gasteiger partial charge is 0.213 e. The second kappa shape index (κ2) is 8.67. The topological polar surface area (TPSA) is 51.1 Å². The molecule has 1 heterocycles. The molecule has 0 saturated carbocycles. The molecular weight excluding hydrogens is 387 g/mol. The predicted octanol–water partition coefficient (Wildman–Crippen LogP) is 4.97. The summed E-state index contributed by atoms with van der Waals surface area (Å²) >= 11 is 0. The molecule has 0 aliphatic carbocycles. The Bertz CT molecular complexity index is 1090. The van der Waals surface area contributed by atoms with Crippen LogP contribution in [0.25, 0.3) is 22.0 Å². The van der Waals surface area contributed by atoms with E-state index >= 15 is 0 Å². The number of nitrogens with one attached hydrogen (secondary N) is 1. The monoisotopic (exact) mass is 416 g/mol. The lowest BCUT2D eigenvalue weighted by molar-refractivity contribution is 0.534. The van der Waals surface area contributed by atoms with Gasteiger partial charge in [0.15, 0.2) is 0 Å². The number of aromatic nitrogens is 1. The van der Waals surface area contributed by atoms with E-state index in [2.05, 4.69) is 23.1 Å². The Morgan fingerprint density at radius 1 is 1.07 bits per heavy atom. The standard InChI is InChI=1S/C23H29FN2O2S/c1-16(2)14-26-15-19(10-11-25-29(27,28)17(3)4)21-12-22(24)20(13-23(21)26)18-8-6-5-7-9-18/h5-9,12-13,15-17,25H,10-11,14H2,1-4H3. The van der Waals surface area contributed by atoms with E-state index in [1.54, 1.807) is 19.9 Å². The predicted molar refractivity (Wildman–Crippen MR) is 118 cm³/mol. The minimum absolute atomic E-state index is 0.269. The fraction of sp³-hybridized carbons (Fsp3) is 0.391. The Balaban J connectivity index is 1.99. The van der Waals surface area contributed by atoms with Gasteiger partial charge in [-0.25, -0.2) is 17.5 Å². The van der Waals surface area contributed by atoms with E-state index in [4.69, 9.17) is 0 Å². The molecule has 1 aromatic heterocycles. The fourth-order valence-electron chi connectivity index (χ4n) is 3.46. The van der Waals surface area contributed by atoms with Crippen molar-refractivity contribution >= 4 is 20.9 Å². The molecule has 6 heteroatoms. The van der Waals surface area contributed by atoms with Crippen LogP contribution in [0.5, 0.6) is 0 Å². The molecule has 0 aliphatic heterocycles. The number of halogens is 1. The lowest BCUT2D eigenvalue weighted by Crippen LogP contribution is -2.32. The van der Waals surface area contributed by atoms with Crippen molar-refractivity contribution in [2.75, 3.05) is 6.54 Å². The van der Waals surface area contributed by atoms with Gasteiger partial charge in [0.1, 0.15) is 5.82 Å². The first-order valence-corrected chi connectivity index (χ1v) is 11.6. The van der Waals surface area contributed by atoms with Crippen molar-refractivity contribution in [2.45, 2.75) is 45.9 Å². The molecular formula is C23H29FN2O2S. The summed E-state index contributed by atoms with van der Waals surface area (Å²) in [4.78, 5) is 0. The zero-order valence-electron chi connectivity index (χ0n) is 17.4. The summed E-state index contributed by atoms with van der Waals surface area (Å²) in [7, 11) is -3.32. The van der Waals surface area contributed by atoms with E-state index in [-0.39, 0.29) is 5.82 Å². The first kappa shape index (κ1) is 21.5. The highest BCUT2D eigenvalue weighted by atomic mass is 32.2. The number of fused-ring (bicyclic) bond motifs is 1. The molecule has 0 atom stereocenters. The second-order valence-corrected chi connectivity index (χ2v) is 10.5. The highest BCUT2D eigenvalue weighted by molar-refractivity contribution is 7.90. The molecule has 0 fully saturated rings. The summed E-state index contributed by atoms with van der Waals surface area (Å²) in [6.07, 6.45) is 2.54. The van der Waals surface area contributed by atoms with Gasteiger partial charge in [-0.3, -0.25) is 0 Å². The number of benzene rings is 2. The van der Waals surface area contributed by atoms with Crippen molar-refractivity contribution in [3.63, 3.8) is 0 Å². The number of hydrogen-bond donors (Lipinski definition) is 1. The number of hydrogen-bond acceptors (Lipinski definition) is 2. The van der Waals surface area contributed by atoms with Crippen molar-refractivity contribution in [2.24, 2.45) is 5.92 Å². The van der Waals surface area contributed by atoms with E-state index in [0.717, 1.165) is 28.6 Å². The molecule has 0 saturated heterocycles. The Labute approximate surface area is 172 Å². The zero-order chi connectivity index (χ0) is 21.2. The molecule has 0 radical (unpaired) electrons. The van der Waals surface area contributed by atoms with Crippen molar-refractivity contribution in [3.8, 4) is 11.1 Å². The third-order valence-corrected chi connectivity index (χ3v) is 6.86. The van der Waals surface area contributed by atoms with Gasteiger partial charge in [-0.05, 0) is 49.4 Å². The van der Waals surface area contributed by atoms with Crippen molar-refractivity contribution in [1.29, 1.82) is 0 Å². The lowest BCUT2D eigenvalue weighted by atomic mass is 10.0. The molecule has 2 aromatic carbocycles. The largest absolute Gasteiger partial charge is 0.347 e. The van der Waals surface area contributed by atoms with Gasteiger partial charge in [-0.2, -0.15) is 0 Å². The van der Waals surface area contributed by atoms with E-state index in [9.17, 15) is 12.8 Å². The van der Waals surface area contributed by atoms with Gasteiger partial charge in [-0.1, -0.05) is 44.2 Å². The Morgan fingerprint density at radius 2 is 1.76 bits per heavy atom. The van der Waals surface area contributed by atoms with Gasteiger partial charge >= 0.3 is 0 Å². The van der Waals surface area contributed by atoms with Crippen LogP contribution in [0.3, 0.4) is 0 Å². The molecule has 0 aliphatic rings. The summed E-state index contributed by atoms with van der Waals surface area (Å²) in [6.45, 7) is 8.69. The van der Waals surface area contributed by atoms with Crippen LogP contribution in [0.1, 0.15) is 33.3 Å². The average molecular weight is 417 g/mol. The lowest BCUT2D eigenvalue weighted by Gasteiger charge is -2.10. The molecule has 4 nitrogen and oxygen atoms in total. The van der Waals surface area contributed by atoms with Crippen LogP contribution in [0, 0.1) is 11.7 Å². The minimum atomic E-state index is -3.32. The third kappa shape index (κ3) is 4.87. The summed E-state index contributed by atoms with van der Waals surface area (Å²) in [5.74, 6) is 0.165. The van der Waals surface area contributed by atoms with Gasteiger partial charge in [-0.15, -0.1) is 0 Å². The van der Waals surface area contributed by atoms with E-state index in [1.807, 2.05) is 42.6 Å². The van der Waals surface area contributed by atoms with Crippen LogP contribution in [0.2, 0.25) is 0 Å². The second-order valence-electron chi connectivity index (χ2n) is 8.15. The number of sulfonamides is 1. The van der Waals surface area contributed by atoms with Crippen LogP contribution in [-0.4, -0.2) is 24.8 Å². The number of nitrogens with zero attached hydrogens (tertiary/aromatic N) is 1. The summed E-state index contributed by atoms with van der Waals surface area (Å²) in [5.41, 5.74) is 3.34. The molecule has 3 aromatic rings. The first-order valence-electron chi connectivity index (χ1n) is 10.0. The van der Waals surface area contributed by atoms with E-state index < -0.39 is 15.3 Å². The third-order valence-electron chi connectivity index (χ3n) is 5.02. The van der Waals surface area contributed by atoms with Crippen LogP contribution < -0.4 is 4.72 Å². The Hall–Kier alpha value is -2.18. The fourth-order valence-corrected chi connectivity index (χ4v) is 4.18. The van der Waals surface area contributed by atoms with Crippen LogP contribution in [0.4, 0.5) is 4.39 Å². The summed E-state index contributed by atoms with van der Waals surface area (Å²) < 4.78 is 43.8. The quantitative estimate of drug-likeness (QED) is 0.563. The minimum Gasteiger partial charge on any atom is -0.347 e. The molecule has 3 rings (SSSR count). The van der Waals surface area contributed by atoms with Gasteiger partial charge in [0.25, 0.3) is 0 Å². The Kier molecular flexibility index (Phi) is 6.44. The van der Waals surface area contributed by atoms with Gasteiger partial charge < -0.3 is 4.57 Å². The zero-order valence-corrected chi connectivity index (χ0v) is 18.3. The SMILES string of the molecule is CC(C)Cn1cc(CCNS(=O)(=O)C(C)C)c2cc(F)c(-c3ccccc3)cc21. The van der Waals surface area contributed by atoms with Crippen molar-refractivity contribution in [3.05, 3.63) is 60.0 Å². The molecule has 0 bridgehead atoms. The van der Waals surface area contributed by atoms with Crippen LogP contribution in [-0.2, 0) is 23.0 Å². The van der Waals surface area contributed by atoms with Crippen LogP contribution >= 0.6 is 0 Å². The Morgan fingerprint density at radius 3 is 2.38 bits per heavy atom. The molecule has 1 N–H and O–H groups in total. The number of rotatable bonds is 8. The average Bonchev–Trinajstić information content (AvgIpc) is 2.97. The molecule has 0 spiro atoms. The summed E-state index contributed by atoms with van der Waals surface area (Å²) in [5, 5.41) is 0.363. The molecule has 156 valence electrons. The van der Waals surface area contributed by atoms with Crippen molar-refractivity contribution in [1.82, 2.24) is 9.29 Å². The maximum absolute atomic E-state index is 15.0. The van der Waals surface area contributed by atoms with Gasteiger partial charge in [0.05, 0.1) is 5.25 Å². The summed E-state index contributed by atoms with van der Waals surface area (Å²) in [6, 6.07) is 13.0. The maximum Gasteiger partial charge on any atom is 0.213 e. The molecule has 0 unspecified atom stereocenters. The van der Waals surface area contributed by atoms with Gasteiger partial charge in [0, 0.05) is 35.8 Å². The normalized spacial score (nSPS) is 12.4. The molecule has 29 heavy (non-hydrogen) atoms. The molecule has 0 amide bonds.